The zero-order chi connectivity index (χ0) is 13.4. The normalized spacial score (nSPS) is 10.4. The quantitative estimate of drug-likeness (QED) is 0.720. The van der Waals surface area contributed by atoms with Gasteiger partial charge in [0.05, 0.1) is 12.2 Å². The minimum Gasteiger partial charge on any atom is -0.475 e. The number of hydrogen-bond acceptors (Lipinski definition) is 5. The fraction of sp³-hybridized carbons (Fsp3) is 0.692. The van der Waals surface area contributed by atoms with Crippen molar-refractivity contribution < 1.29 is 9.47 Å². The summed E-state index contributed by atoms with van der Waals surface area (Å²) in [5.41, 5.74) is 0.950. The van der Waals surface area contributed by atoms with Crippen LogP contribution in [0.1, 0.15) is 32.2 Å². The maximum Gasteiger partial charge on any atom is 0.221 e. The van der Waals surface area contributed by atoms with E-state index in [9.17, 15) is 0 Å². The Morgan fingerprint density at radius 1 is 1.11 bits per heavy atom. The monoisotopic (exact) mass is 253 g/mol. The van der Waals surface area contributed by atoms with Crippen LogP contribution in [-0.2, 0) is 11.2 Å². The highest BCUT2D eigenvalue weighted by molar-refractivity contribution is 5.48. The molecule has 0 aliphatic heterocycles. The SMILES string of the molecule is CCNc1nc(CC)nc(OCCOCC)c1C. The maximum atomic E-state index is 5.65. The highest BCUT2D eigenvalue weighted by atomic mass is 16.5. The number of rotatable bonds is 8. The average Bonchev–Trinajstić information content (AvgIpc) is 2.38. The van der Waals surface area contributed by atoms with Crippen LogP contribution in [0.3, 0.4) is 0 Å². The Bertz CT molecular complexity index is 369. The van der Waals surface area contributed by atoms with E-state index in [2.05, 4.69) is 15.3 Å². The van der Waals surface area contributed by atoms with Gasteiger partial charge < -0.3 is 14.8 Å². The molecule has 0 amide bonds. The fourth-order valence-electron chi connectivity index (χ4n) is 1.52. The summed E-state index contributed by atoms with van der Waals surface area (Å²) in [6, 6.07) is 0. The first-order chi connectivity index (χ1) is 8.72. The molecule has 0 aliphatic rings. The van der Waals surface area contributed by atoms with Gasteiger partial charge >= 0.3 is 0 Å². The van der Waals surface area contributed by atoms with Gasteiger partial charge in [-0.1, -0.05) is 6.92 Å². The van der Waals surface area contributed by atoms with Gasteiger partial charge in [-0.3, -0.25) is 0 Å². The molecule has 0 fully saturated rings. The summed E-state index contributed by atoms with van der Waals surface area (Å²) in [5, 5.41) is 3.23. The summed E-state index contributed by atoms with van der Waals surface area (Å²) in [7, 11) is 0. The zero-order valence-corrected chi connectivity index (χ0v) is 11.7. The second-order valence-corrected chi connectivity index (χ2v) is 3.85. The van der Waals surface area contributed by atoms with Crippen molar-refractivity contribution in [2.45, 2.75) is 34.1 Å². The lowest BCUT2D eigenvalue weighted by Gasteiger charge is -2.13. The van der Waals surface area contributed by atoms with Crippen molar-refractivity contribution in [3.8, 4) is 5.88 Å². The van der Waals surface area contributed by atoms with Gasteiger partial charge in [-0.2, -0.15) is 4.98 Å². The first-order valence-corrected chi connectivity index (χ1v) is 6.54. The Morgan fingerprint density at radius 3 is 2.50 bits per heavy atom. The smallest absolute Gasteiger partial charge is 0.221 e. The van der Waals surface area contributed by atoms with Gasteiger partial charge in [0.1, 0.15) is 18.2 Å². The van der Waals surface area contributed by atoms with E-state index < -0.39 is 0 Å². The predicted molar refractivity (Wildman–Crippen MR) is 72.3 cm³/mol. The van der Waals surface area contributed by atoms with Crippen molar-refractivity contribution in [1.29, 1.82) is 0 Å². The highest BCUT2D eigenvalue weighted by Crippen LogP contribution is 2.22. The minimum absolute atomic E-state index is 0.514. The third-order valence-corrected chi connectivity index (χ3v) is 2.48. The Morgan fingerprint density at radius 2 is 1.89 bits per heavy atom. The highest BCUT2D eigenvalue weighted by Gasteiger charge is 2.10. The lowest BCUT2D eigenvalue weighted by Crippen LogP contribution is -2.12. The number of aryl methyl sites for hydroxylation is 1. The maximum absolute atomic E-state index is 5.65. The molecule has 0 atom stereocenters. The Labute approximate surface area is 109 Å². The molecule has 1 rings (SSSR count). The van der Waals surface area contributed by atoms with Gasteiger partial charge in [-0.25, -0.2) is 4.98 Å². The van der Waals surface area contributed by atoms with Crippen LogP contribution in [-0.4, -0.2) is 36.3 Å². The van der Waals surface area contributed by atoms with Crippen molar-refractivity contribution in [2.24, 2.45) is 0 Å². The molecule has 1 heterocycles. The van der Waals surface area contributed by atoms with Crippen LogP contribution in [0.4, 0.5) is 5.82 Å². The second-order valence-electron chi connectivity index (χ2n) is 3.85. The van der Waals surface area contributed by atoms with Gasteiger partial charge in [0, 0.05) is 19.6 Å². The van der Waals surface area contributed by atoms with Crippen LogP contribution in [0.25, 0.3) is 0 Å². The van der Waals surface area contributed by atoms with E-state index in [0.29, 0.717) is 25.7 Å². The number of nitrogens with one attached hydrogen (secondary N) is 1. The molecule has 0 unspecified atom stereocenters. The number of nitrogens with zero attached hydrogens (tertiary/aromatic N) is 2. The molecule has 0 saturated carbocycles. The number of aromatic nitrogens is 2. The van der Waals surface area contributed by atoms with E-state index in [4.69, 9.17) is 9.47 Å². The summed E-state index contributed by atoms with van der Waals surface area (Å²) >= 11 is 0. The topological polar surface area (TPSA) is 56.3 Å². The fourth-order valence-corrected chi connectivity index (χ4v) is 1.52. The molecule has 0 saturated heterocycles. The molecule has 0 bridgehead atoms. The summed E-state index contributed by atoms with van der Waals surface area (Å²) in [6.45, 7) is 10.6. The first-order valence-electron chi connectivity index (χ1n) is 6.54. The molecule has 0 aromatic carbocycles. The van der Waals surface area contributed by atoms with Crippen molar-refractivity contribution in [1.82, 2.24) is 9.97 Å². The van der Waals surface area contributed by atoms with E-state index in [0.717, 1.165) is 30.2 Å². The Hall–Kier alpha value is -1.36. The van der Waals surface area contributed by atoms with Crippen LogP contribution < -0.4 is 10.1 Å². The van der Waals surface area contributed by atoms with Crippen LogP contribution in [0.2, 0.25) is 0 Å². The van der Waals surface area contributed by atoms with Crippen molar-refractivity contribution in [3.63, 3.8) is 0 Å². The predicted octanol–water partition coefficient (Wildman–Crippen LogP) is 2.19. The van der Waals surface area contributed by atoms with E-state index in [1.807, 2.05) is 27.7 Å². The number of anilines is 1. The van der Waals surface area contributed by atoms with Gasteiger partial charge in [0.15, 0.2) is 0 Å². The van der Waals surface area contributed by atoms with Crippen molar-refractivity contribution in [2.75, 3.05) is 31.7 Å². The van der Waals surface area contributed by atoms with Crippen molar-refractivity contribution >= 4 is 5.82 Å². The van der Waals surface area contributed by atoms with Crippen LogP contribution in [0.15, 0.2) is 0 Å². The van der Waals surface area contributed by atoms with Crippen LogP contribution >= 0.6 is 0 Å². The molecule has 1 aromatic heterocycles. The van der Waals surface area contributed by atoms with E-state index in [1.54, 1.807) is 0 Å². The molecule has 5 heteroatoms. The second kappa shape index (κ2) is 7.87. The van der Waals surface area contributed by atoms with Crippen molar-refractivity contribution in [3.05, 3.63) is 11.4 Å². The molecule has 18 heavy (non-hydrogen) atoms. The van der Waals surface area contributed by atoms with Gasteiger partial charge in [-0.15, -0.1) is 0 Å². The average molecular weight is 253 g/mol. The summed E-state index contributed by atoms with van der Waals surface area (Å²) in [4.78, 5) is 8.85. The van der Waals surface area contributed by atoms with E-state index in [1.165, 1.54) is 0 Å². The molecule has 0 radical (unpaired) electrons. The van der Waals surface area contributed by atoms with Gasteiger partial charge in [0.25, 0.3) is 0 Å². The zero-order valence-electron chi connectivity index (χ0n) is 11.7. The third kappa shape index (κ3) is 4.14. The molecular weight excluding hydrogens is 230 g/mol. The molecule has 1 N–H and O–H groups in total. The van der Waals surface area contributed by atoms with Gasteiger partial charge in [-0.05, 0) is 20.8 Å². The largest absolute Gasteiger partial charge is 0.475 e. The van der Waals surface area contributed by atoms with E-state index in [-0.39, 0.29) is 0 Å². The standard InChI is InChI=1S/C13H23N3O2/c1-5-11-15-12(14-6-2)10(4)13(16-11)18-9-8-17-7-3/h5-9H2,1-4H3,(H,14,15,16). The van der Waals surface area contributed by atoms with Gasteiger partial charge in [0.2, 0.25) is 5.88 Å². The lowest BCUT2D eigenvalue weighted by atomic mass is 10.3. The molecular formula is C13H23N3O2. The molecule has 1 aromatic rings. The lowest BCUT2D eigenvalue weighted by molar-refractivity contribution is 0.108. The molecule has 0 aliphatic carbocycles. The number of hydrogen-bond donors (Lipinski definition) is 1. The van der Waals surface area contributed by atoms with E-state index >= 15 is 0 Å². The third-order valence-electron chi connectivity index (χ3n) is 2.48. The summed E-state index contributed by atoms with van der Waals surface area (Å²) in [5.74, 6) is 2.30. The molecule has 0 spiro atoms. The minimum atomic E-state index is 0.514. The van der Waals surface area contributed by atoms with Crippen LogP contribution in [0.5, 0.6) is 5.88 Å². The number of ether oxygens (including phenoxy) is 2. The summed E-state index contributed by atoms with van der Waals surface area (Å²) < 4.78 is 10.9. The van der Waals surface area contributed by atoms with Crippen LogP contribution in [0, 0.1) is 6.92 Å². The Kier molecular flexibility index (Phi) is 6.43. The summed E-state index contributed by atoms with van der Waals surface area (Å²) in [6.07, 6.45) is 0.792. The Balaban J connectivity index is 2.77. The molecule has 5 nitrogen and oxygen atoms in total. The first kappa shape index (κ1) is 14.7. The molecule has 102 valence electrons.